The zero-order valence-electron chi connectivity index (χ0n) is 9.86. The maximum absolute atomic E-state index is 13.5. The van der Waals surface area contributed by atoms with E-state index in [-0.39, 0.29) is 23.8 Å². The molecule has 3 nitrogen and oxygen atoms in total. The molecule has 2 aromatic rings. The summed E-state index contributed by atoms with van der Waals surface area (Å²) < 4.78 is 14.1. The van der Waals surface area contributed by atoms with Crippen molar-refractivity contribution in [2.75, 3.05) is 5.32 Å². The molecule has 0 aromatic heterocycles. The molecule has 0 heterocycles. The van der Waals surface area contributed by atoms with Gasteiger partial charge in [-0.2, -0.15) is 0 Å². The highest BCUT2D eigenvalue weighted by Gasteiger charge is 2.08. The highest BCUT2D eigenvalue weighted by Crippen LogP contribution is 2.19. The summed E-state index contributed by atoms with van der Waals surface area (Å²) in [5.41, 5.74) is 0.889. The van der Waals surface area contributed by atoms with E-state index < -0.39 is 5.82 Å². The van der Waals surface area contributed by atoms with Gasteiger partial charge in [-0.25, -0.2) is 4.39 Å². The maximum Gasteiger partial charge on any atom is 0.228 e. The van der Waals surface area contributed by atoms with Crippen molar-refractivity contribution in [3.8, 4) is 5.75 Å². The van der Waals surface area contributed by atoms with E-state index in [0.717, 1.165) is 5.56 Å². The summed E-state index contributed by atoms with van der Waals surface area (Å²) in [6.45, 7) is 0. The average Bonchev–Trinajstić information content (AvgIpc) is 2.36. The molecule has 5 heteroatoms. The number of nitrogens with one attached hydrogen (secondary N) is 1. The molecule has 1 amide bonds. The summed E-state index contributed by atoms with van der Waals surface area (Å²) in [4.78, 5) is 11.8. The van der Waals surface area contributed by atoms with Gasteiger partial charge in [0.15, 0.2) is 0 Å². The molecule has 0 radical (unpaired) electrons. The molecular weight excluding hydrogens is 313 g/mol. The minimum absolute atomic E-state index is 0.121. The number of hydrogen-bond donors (Lipinski definition) is 2. The molecular formula is C14H11BrFNO2. The van der Waals surface area contributed by atoms with Gasteiger partial charge in [-0.3, -0.25) is 4.79 Å². The molecule has 19 heavy (non-hydrogen) atoms. The molecule has 2 N–H and O–H groups in total. The lowest BCUT2D eigenvalue weighted by Crippen LogP contribution is -2.15. The Morgan fingerprint density at radius 1 is 1.21 bits per heavy atom. The van der Waals surface area contributed by atoms with Gasteiger partial charge in [0.25, 0.3) is 0 Å². The first kappa shape index (κ1) is 13.5. The van der Waals surface area contributed by atoms with Crippen LogP contribution in [0.3, 0.4) is 0 Å². The van der Waals surface area contributed by atoms with Crippen LogP contribution in [0.1, 0.15) is 5.56 Å². The minimum atomic E-state index is -0.492. The molecule has 0 spiro atoms. The van der Waals surface area contributed by atoms with Crippen LogP contribution in [0, 0.1) is 5.82 Å². The number of aromatic hydroxyl groups is 1. The summed E-state index contributed by atoms with van der Waals surface area (Å²) in [6, 6.07) is 10.7. The number of phenolic OH excluding ortho intramolecular Hbond substituents is 1. The molecule has 0 aliphatic rings. The molecule has 2 aromatic carbocycles. The minimum Gasteiger partial charge on any atom is -0.508 e. The van der Waals surface area contributed by atoms with Crippen LogP contribution in [0.25, 0.3) is 0 Å². The molecule has 0 aliphatic carbocycles. The highest BCUT2D eigenvalue weighted by atomic mass is 79.9. The zero-order valence-corrected chi connectivity index (χ0v) is 11.4. The Balaban J connectivity index is 2.03. The highest BCUT2D eigenvalue weighted by molar-refractivity contribution is 9.10. The average molecular weight is 324 g/mol. The Morgan fingerprint density at radius 2 is 1.89 bits per heavy atom. The third-order valence-corrected chi connectivity index (χ3v) is 3.00. The van der Waals surface area contributed by atoms with E-state index in [9.17, 15) is 9.18 Å². The molecule has 0 saturated carbocycles. The third kappa shape index (κ3) is 3.79. The fourth-order valence-corrected chi connectivity index (χ4v) is 1.92. The largest absolute Gasteiger partial charge is 0.508 e. The lowest BCUT2D eigenvalue weighted by atomic mass is 10.1. The fourth-order valence-electron chi connectivity index (χ4n) is 1.58. The van der Waals surface area contributed by atoms with Crippen molar-refractivity contribution in [1.82, 2.24) is 0 Å². The molecule has 0 unspecified atom stereocenters. The smallest absolute Gasteiger partial charge is 0.228 e. The van der Waals surface area contributed by atoms with E-state index in [1.165, 1.54) is 24.3 Å². The summed E-state index contributed by atoms with van der Waals surface area (Å²) in [6.07, 6.45) is 0.121. The first-order valence-electron chi connectivity index (χ1n) is 5.57. The molecule has 0 fully saturated rings. The summed E-state index contributed by atoms with van der Waals surface area (Å²) in [7, 11) is 0. The van der Waals surface area contributed by atoms with Gasteiger partial charge in [-0.15, -0.1) is 0 Å². The molecule has 0 bridgehead atoms. The van der Waals surface area contributed by atoms with Gasteiger partial charge < -0.3 is 10.4 Å². The SMILES string of the molecule is O=C(Cc1ccc(O)cc1)Nc1ccc(Br)cc1F. The number of carbonyl (C=O) groups excluding carboxylic acids is 1. The molecule has 0 atom stereocenters. The van der Waals surface area contributed by atoms with Crippen LogP contribution in [0.15, 0.2) is 46.9 Å². The van der Waals surface area contributed by atoms with Crippen LogP contribution in [-0.4, -0.2) is 11.0 Å². The van der Waals surface area contributed by atoms with Crippen LogP contribution in [0.2, 0.25) is 0 Å². The second kappa shape index (κ2) is 5.84. The molecule has 0 aliphatic heterocycles. The second-order valence-corrected chi connectivity index (χ2v) is 4.93. The van der Waals surface area contributed by atoms with Crippen molar-refractivity contribution in [3.63, 3.8) is 0 Å². The quantitative estimate of drug-likeness (QED) is 0.908. The Kier molecular flexibility index (Phi) is 4.16. The van der Waals surface area contributed by atoms with E-state index >= 15 is 0 Å². The van der Waals surface area contributed by atoms with Gasteiger partial charge in [-0.05, 0) is 35.9 Å². The Labute approximate surface area is 118 Å². The van der Waals surface area contributed by atoms with Gasteiger partial charge in [0.2, 0.25) is 5.91 Å². The topological polar surface area (TPSA) is 49.3 Å². The predicted octanol–water partition coefficient (Wildman–Crippen LogP) is 3.48. The molecule has 0 saturated heterocycles. The van der Waals surface area contributed by atoms with Crippen molar-refractivity contribution in [2.45, 2.75) is 6.42 Å². The normalized spacial score (nSPS) is 10.2. The number of amides is 1. The van der Waals surface area contributed by atoms with Crippen molar-refractivity contribution in [3.05, 3.63) is 58.3 Å². The van der Waals surface area contributed by atoms with E-state index in [4.69, 9.17) is 5.11 Å². The number of phenols is 1. The first-order valence-corrected chi connectivity index (χ1v) is 6.37. The van der Waals surface area contributed by atoms with Gasteiger partial charge in [0.1, 0.15) is 11.6 Å². The summed E-state index contributed by atoms with van der Waals surface area (Å²) >= 11 is 3.15. The number of halogens is 2. The number of anilines is 1. The van der Waals surface area contributed by atoms with E-state index in [2.05, 4.69) is 21.2 Å². The maximum atomic E-state index is 13.5. The lowest BCUT2D eigenvalue weighted by molar-refractivity contribution is -0.115. The van der Waals surface area contributed by atoms with Gasteiger partial charge in [-0.1, -0.05) is 28.1 Å². The summed E-state index contributed by atoms with van der Waals surface area (Å²) in [5.74, 6) is -0.663. The van der Waals surface area contributed by atoms with Crippen molar-refractivity contribution in [1.29, 1.82) is 0 Å². The number of benzene rings is 2. The van der Waals surface area contributed by atoms with Crippen molar-refractivity contribution >= 4 is 27.5 Å². The second-order valence-electron chi connectivity index (χ2n) is 4.02. The van der Waals surface area contributed by atoms with E-state index in [0.29, 0.717) is 4.47 Å². The number of rotatable bonds is 3. The van der Waals surface area contributed by atoms with E-state index in [1.807, 2.05) is 0 Å². The Bertz CT molecular complexity index is 599. The van der Waals surface area contributed by atoms with E-state index in [1.54, 1.807) is 18.2 Å². The lowest BCUT2D eigenvalue weighted by Gasteiger charge is -2.07. The fraction of sp³-hybridized carbons (Fsp3) is 0.0714. The Hall–Kier alpha value is -1.88. The Morgan fingerprint density at radius 3 is 2.53 bits per heavy atom. The predicted molar refractivity (Wildman–Crippen MR) is 74.5 cm³/mol. The van der Waals surface area contributed by atoms with Crippen molar-refractivity contribution in [2.24, 2.45) is 0 Å². The summed E-state index contributed by atoms with van der Waals surface area (Å²) in [5, 5.41) is 11.6. The van der Waals surface area contributed by atoms with Crippen LogP contribution < -0.4 is 5.32 Å². The number of carbonyl (C=O) groups is 1. The molecule has 2 rings (SSSR count). The third-order valence-electron chi connectivity index (χ3n) is 2.51. The standard InChI is InChI=1S/C14H11BrFNO2/c15-10-3-6-13(12(16)8-10)17-14(19)7-9-1-4-11(18)5-2-9/h1-6,8,18H,7H2,(H,17,19). The van der Waals surface area contributed by atoms with Crippen LogP contribution in [-0.2, 0) is 11.2 Å². The number of hydrogen-bond acceptors (Lipinski definition) is 2. The molecule has 98 valence electrons. The van der Waals surface area contributed by atoms with Crippen LogP contribution >= 0.6 is 15.9 Å². The van der Waals surface area contributed by atoms with Crippen LogP contribution in [0.4, 0.5) is 10.1 Å². The van der Waals surface area contributed by atoms with Crippen LogP contribution in [0.5, 0.6) is 5.75 Å². The van der Waals surface area contributed by atoms with Crippen molar-refractivity contribution < 1.29 is 14.3 Å². The van der Waals surface area contributed by atoms with Gasteiger partial charge >= 0.3 is 0 Å². The zero-order chi connectivity index (χ0) is 13.8. The monoisotopic (exact) mass is 323 g/mol. The first-order chi connectivity index (χ1) is 9.04. The van der Waals surface area contributed by atoms with Gasteiger partial charge in [0.05, 0.1) is 12.1 Å². The van der Waals surface area contributed by atoms with Gasteiger partial charge in [0, 0.05) is 4.47 Å².